The molecule has 0 bridgehead atoms. The molecule has 2 fully saturated rings. The summed E-state index contributed by atoms with van der Waals surface area (Å²) in [5.74, 6) is -0.827. The lowest BCUT2D eigenvalue weighted by atomic mass is 9.75. The molecular formula is C10H16O4. The van der Waals surface area contributed by atoms with E-state index in [2.05, 4.69) is 0 Å². The van der Waals surface area contributed by atoms with Gasteiger partial charge in [-0.05, 0) is 31.1 Å². The van der Waals surface area contributed by atoms with Gasteiger partial charge in [0.15, 0.2) is 6.10 Å². The van der Waals surface area contributed by atoms with E-state index < -0.39 is 12.1 Å². The molecule has 1 spiro atoms. The standard InChI is InChI=1S/C10H16O4/c11-9(12)8-1-2-10(7-14-8)3-5-13-6-4-10/h8H,1-7H2,(H,11,12). The van der Waals surface area contributed by atoms with Crippen molar-refractivity contribution in [2.45, 2.75) is 31.8 Å². The number of hydrogen-bond acceptors (Lipinski definition) is 3. The topological polar surface area (TPSA) is 55.8 Å². The van der Waals surface area contributed by atoms with Crippen molar-refractivity contribution in [2.75, 3.05) is 19.8 Å². The average Bonchev–Trinajstić information content (AvgIpc) is 2.19. The molecule has 1 N–H and O–H groups in total. The molecule has 0 aromatic rings. The Morgan fingerprint density at radius 3 is 2.50 bits per heavy atom. The Bertz CT molecular complexity index is 210. The molecule has 0 saturated carbocycles. The quantitative estimate of drug-likeness (QED) is 0.687. The van der Waals surface area contributed by atoms with Crippen LogP contribution in [0.25, 0.3) is 0 Å². The van der Waals surface area contributed by atoms with Crippen LogP contribution < -0.4 is 0 Å². The number of carbonyl (C=O) groups is 1. The molecule has 2 aliphatic rings. The van der Waals surface area contributed by atoms with Gasteiger partial charge >= 0.3 is 5.97 Å². The van der Waals surface area contributed by atoms with Gasteiger partial charge in [0.05, 0.1) is 6.61 Å². The summed E-state index contributed by atoms with van der Waals surface area (Å²) < 4.78 is 10.7. The van der Waals surface area contributed by atoms with Gasteiger partial charge in [-0.1, -0.05) is 0 Å². The maximum absolute atomic E-state index is 10.7. The third-order valence-corrected chi connectivity index (χ3v) is 3.36. The highest BCUT2D eigenvalue weighted by Crippen LogP contribution is 2.39. The Labute approximate surface area is 83.2 Å². The summed E-state index contributed by atoms with van der Waals surface area (Å²) in [7, 11) is 0. The highest BCUT2D eigenvalue weighted by atomic mass is 16.5. The smallest absolute Gasteiger partial charge is 0.332 e. The second kappa shape index (κ2) is 3.87. The fraction of sp³-hybridized carbons (Fsp3) is 0.900. The predicted molar refractivity (Wildman–Crippen MR) is 49.1 cm³/mol. The van der Waals surface area contributed by atoms with Gasteiger partial charge < -0.3 is 14.6 Å². The summed E-state index contributed by atoms with van der Waals surface area (Å²) in [4.78, 5) is 10.7. The van der Waals surface area contributed by atoms with Crippen molar-refractivity contribution in [2.24, 2.45) is 5.41 Å². The molecule has 2 aliphatic heterocycles. The van der Waals surface area contributed by atoms with Crippen LogP contribution in [0, 0.1) is 5.41 Å². The molecule has 14 heavy (non-hydrogen) atoms. The first-order valence-electron chi connectivity index (χ1n) is 5.14. The number of carboxylic acids is 1. The normalized spacial score (nSPS) is 31.6. The number of carboxylic acid groups (broad SMARTS) is 1. The van der Waals surface area contributed by atoms with Crippen molar-refractivity contribution in [3.63, 3.8) is 0 Å². The zero-order valence-corrected chi connectivity index (χ0v) is 8.20. The van der Waals surface area contributed by atoms with Crippen LogP contribution in [0.15, 0.2) is 0 Å². The number of hydrogen-bond donors (Lipinski definition) is 1. The lowest BCUT2D eigenvalue weighted by molar-refractivity contribution is -0.163. The third kappa shape index (κ3) is 1.91. The van der Waals surface area contributed by atoms with Crippen molar-refractivity contribution >= 4 is 5.97 Å². The van der Waals surface area contributed by atoms with Crippen molar-refractivity contribution in [1.82, 2.24) is 0 Å². The minimum atomic E-state index is -0.827. The van der Waals surface area contributed by atoms with E-state index in [1.165, 1.54) is 0 Å². The Hall–Kier alpha value is -0.610. The first kappa shape index (κ1) is 9.93. The fourth-order valence-electron chi connectivity index (χ4n) is 2.26. The van der Waals surface area contributed by atoms with Crippen molar-refractivity contribution < 1.29 is 19.4 Å². The Kier molecular flexibility index (Phi) is 2.74. The molecule has 0 aromatic carbocycles. The molecule has 1 atom stereocenters. The summed E-state index contributed by atoms with van der Waals surface area (Å²) in [5, 5.41) is 8.78. The first-order chi connectivity index (χ1) is 6.72. The molecular weight excluding hydrogens is 184 g/mol. The van der Waals surface area contributed by atoms with Crippen LogP contribution >= 0.6 is 0 Å². The predicted octanol–water partition coefficient (Wildman–Crippen LogP) is 1.05. The highest BCUT2D eigenvalue weighted by Gasteiger charge is 2.39. The van der Waals surface area contributed by atoms with Crippen molar-refractivity contribution in [3.8, 4) is 0 Å². The molecule has 4 heteroatoms. The monoisotopic (exact) mass is 200 g/mol. The molecule has 80 valence electrons. The third-order valence-electron chi connectivity index (χ3n) is 3.36. The molecule has 2 saturated heterocycles. The van der Waals surface area contributed by atoms with Crippen LogP contribution in [0.4, 0.5) is 0 Å². The van der Waals surface area contributed by atoms with Crippen molar-refractivity contribution in [3.05, 3.63) is 0 Å². The minimum Gasteiger partial charge on any atom is -0.479 e. The van der Waals surface area contributed by atoms with Crippen LogP contribution in [0.2, 0.25) is 0 Å². The van der Waals surface area contributed by atoms with Crippen LogP contribution in [-0.2, 0) is 14.3 Å². The van der Waals surface area contributed by atoms with Gasteiger partial charge in [-0.2, -0.15) is 0 Å². The molecule has 0 radical (unpaired) electrons. The molecule has 2 rings (SSSR count). The SMILES string of the molecule is O=C(O)C1CCC2(CCOCC2)CO1. The van der Waals surface area contributed by atoms with Gasteiger partial charge in [0.25, 0.3) is 0 Å². The second-order valence-corrected chi connectivity index (χ2v) is 4.29. The zero-order valence-electron chi connectivity index (χ0n) is 8.20. The van der Waals surface area contributed by atoms with E-state index in [1.807, 2.05) is 0 Å². The average molecular weight is 200 g/mol. The van der Waals surface area contributed by atoms with E-state index in [0.29, 0.717) is 13.0 Å². The molecule has 2 heterocycles. The largest absolute Gasteiger partial charge is 0.479 e. The summed E-state index contributed by atoms with van der Waals surface area (Å²) in [6, 6.07) is 0. The maximum atomic E-state index is 10.7. The number of ether oxygens (including phenoxy) is 2. The summed E-state index contributed by atoms with van der Waals surface area (Å²) in [5.41, 5.74) is 0.212. The van der Waals surface area contributed by atoms with E-state index >= 15 is 0 Å². The van der Waals surface area contributed by atoms with Crippen molar-refractivity contribution in [1.29, 1.82) is 0 Å². The number of aliphatic carboxylic acids is 1. The maximum Gasteiger partial charge on any atom is 0.332 e. The Morgan fingerprint density at radius 2 is 2.00 bits per heavy atom. The Morgan fingerprint density at radius 1 is 1.29 bits per heavy atom. The van der Waals surface area contributed by atoms with Crippen LogP contribution in [-0.4, -0.2) is 37.0 Å². The lowest BCUT2D eigenvalue weighted by Crippen LogP contribution is -2.42. The second-order valence-electron chi connectivity index (χ2n) is 4.29. The van der Waals surface area contributed by atoms with Crippen LogP contribution in [0.3, 0.4) is 0 Å². The molecule has 0 aliphatic carbocycles. The lowest BCUT2D eigenvalue weighted by Gasteiger charge is -2.41. The fourth-order valence-corrected chi connectivity index (χ4v) is 2.26. The van der Waals surface area contributed by atoms with Gasteiger partial charge in [-0.25, -0.2) is 4.79 Å². The van der Waals surface area contributed by atoms with Gasteiger partial charge in [0, 0.05) is 13.2 Å². The molecule has 4 nitrogen and oxygen atoms in total. The summed E-state index contributed by atoms with van der Waals surface area (Å²) in [6.07, 6.45) is 3.06. The van der Waals surface area contributed by atoms with Gasteiger partial charge in [0.2, 0.25) is 0 Å². The highest BCUT2D eigenvalue weighted by molar-refractivity contribution is 5.72. The van der Waals surface area contributed by atoms with Crippen LogP contribution in [0.5, 0.6) is 0 Å². The van der Waals surface area contributed by atoms with Gasteiger partial charge in [-0.3, -0.25) is 0 Å². The van der Waals surface area contributed by atoms with Gasteiger partial charge in [0.1, 0.15) is 0 Å². The van der Waals surface area contributed by atoms with E-state index in [9.17, 15) is 4.79 Å². The Balaban J connectivity index is 1.90. The van der Waals surface area contributed by atoms with E-state index in [1.54, 1.807) is 0 Å². The molecule has 1 unspecified atom stereocenters. The van der Waals surface area contributed by atoms with Crippen LogP contribution in [0.1, 0.15) is 25.7 Å². The van der Waals surface area contributed by atoms with Gasteiger partial charge in [-0.15, -0.1) is 0 Å². The number of rotatable bonds is 1. The minimum absolute atomic E-state index is 0.212. The molecule has 0 amide bonds. The first-order valence-corrected chi connectivity index (χ1v) is 5.14. The zero-order chi connectivity index (χ0) is 10.0. The summed E-state index contributed by atoms with van der Waals surface area (Å²) >= 11 is 0. The van der Waals surface area contributed by atoms with E-state index in [0.717, 1.165) is 32.5 Å². The van der Waals surface area contributed by atoms with E-state index in [4.69, 9.17) is 14.6 Å². The van der Waals surface area contributed by atoms with E-state index in [-0.39, 0.29) is 5.41 Å². The molecule has 0 aromatic heterocycles. The summed E-state index contributed by atoms with van der Waals surface area (Å²) in [6.45, 7) is 2.18.